The van der Waals surface area contributed by atoms with Crippen molar-refractivity contribution >= 4 is 16.0 Å². The number of carboxylic acids is 1. The van der Waals surface area contributed by atoms with Crippen LogP contribution in [-0.2, 0) is 10.0 Å². The molecule has 0 aliphatic carbocycles. The van der Waals surface area contributed by atoms with E-state index in [9.17, 15) is 13.2 Å². The molecule has 17 heavy (non-hydrogen) atoms. The van der Waals surface area contributed by atoms with Gasteiger partial charge in [-0.2, -0.15) is 4.31 Å². The Morgan fingerprint density at radius 2 is 2.12 bits per heavy atom. The Hall–Kier alpha value is -1.60. The molecule has 1 rings (SSSR count). The lowest BCUT2D eigenvalue weighted by molar-refractivity contribution is 0.0656. The molecule has 0 saturated carbocycles. The van der Waals surface area contributed by atoms with Gasteiger partial charge in [-0.25, -0.2) is 13.2 Å². The van der Waals surface area contributed by atoms with Crippen molar-refractivity contribution < 1.29 is 22.7 Å². The van der Waals surface area contributed by atoms with Crippen molar-refractivity contribution in [1.82, 2.24) is 4.31 Å². The molecule has 1 aromatic rings. The summed E-state index contributed by atoms with van der Waals surface area (Å²) in [4.78, 5) is 10.6. The second-order valence-corrected chi connectivity index (χ2v) is 5.62. The number of carboxylic acid groups (broad SMARTS) is 1. The Labute approximate surface area is 99.2 Å². The minimum atomic E-state index is -3.80. The molecule has 0 unspecified atom stereocenters. The smallest absolute Gasteiger partial charge is 0.371 e. The predicted molar refractivity (Wildman–Crippen MR) is 60.3 cm³/mol. The third-order valence-electron chi connectivity index (χ3n) is 1.95. The first kappa shape index (κ1) is 13.5. The highest BCUT2D eigenvalue weighted by molar-refractivity contribution is 7.89. The van der Waals surface area contributed by atoms with Gasteiger partial charge in [0, 0.05) is 13.6 Å². The second-order valence-electron chi connectivity index (χ2n) is 3.64. The Kier molecular flexibility index (Phi) is 3.74. The van der Waals surface area contributed by atoms with Gasteiger partial charge in [-0.1, -0.05) is 12.2 Å². The fourth-order valence-corrected chi connectivity index (χ4v) is 2.33. The van der Waals surface area contributed by atoms with Gasteiger partial charge < -0.3 is 9.52 Å². The van der Waals surface area contributed by atoms with Crippen LogP contribution in [0.5, 0.6) is 0 Å². The summed E-state index contributed by atoms with van der Waals surface area (Å²) in [6.45, 7) is 5.44. The molecular weight excluding hydrogens is 246 g/mol. The van der Waals surface area contributed by atoms with Crippen LogP contribution in [0.1, 0.15) is 17.5 Å². The highest BCUT2D eigenvalue weighted by atomic mass is 32.2. The van der Waals surface area contributed by atoms with E-state index < -0.39 is 26.8 Å². The third-order valence-corrected chi connectivity index (χ3v) is 3.63. The van der Waals surface area contributed by atoms with E-state index in [1.807, 2.05) is 0 Å². The lowest BCUT2D eigenvalue weighted by atomic mass is 10.4. The molecule has 0 aliphatic rings. The van der Waals surface area contributed by atoms with Crippen LogP contribution in [0.2, 0.25) is 0 Å². The summed E-state index contributed by atoms with van der Waals surface area (Å²) in [7, 11) is -2.44. The van der Waals surface area contributed by atoms with E-state index in [1.165, 1.54) is 7.05 Å². The minimum absolute atomic E-state index is 0.144. The Morgan fingerprint density at radius 3 is 2.53 bits per heavy atom. The molecule has 1 N–H and O–H groups in total. The SMILES string of the molecule is C=C(C)CN(C)S(=O)(=O)c1ccc(C(=O)O)o1. The van der Waals surface area contributed by atoms with Gasteiger partial charge in [0.2, 0.25) is 10.9 Å². The zero-order valence-electron chi connectivity index (χ0n) is 9.50. The second kappa shape index (κ2) is 4.72. The molecule has 0 bridgehead atoms. The van der Waals surface area contributed by atoms with Crippen molar-refractivity contribution in [2.75, 3.05) is 13.6 Å². The maximum atomic E-state index is 11.9. The summed E-state index contributed by atoms with van der Waals surface area (Å²) >= 11 is 0. The van der Waals surface area contributed by atoms with Gasteiger partial charge >= 0.3 is 5.97 Å². The number of hydrogen-bond donors (Lipinski definition) is 1. The molecule has 0 fully saturated rings. The monoisotopic (exact) mass is 259 g/mol. The predicted octanol–water partition coefficient (Wildman–Crippen LogP) is 1.17. The van der Waals surface area contributed by atoms with Gasteiger partial charge in [-0.15, -0.1) is 0 Å². The molecule has 0 spiro atoms. The summed E-state index contributed by atoms with van der Waals surface area (Å²) in [6, 6.07) is 2.22. The minimum Gasteiger partial charge on any atom is -0.475 e. The molecule has 6 nitrogen and oxygen atoms in total. The van der Waals surface area contributed by atoms with E-state index in [1.54, 1.807) is 6.92 Å². The van der Waals surface area contributed by atoms with Crippen LogP contribution >= 0.6 is 0 Å². The van der Waals surface area contributed by atoms with Crippen LogP contribution in [0.15, 0.2) is 33.8 Å². The van der Waals surface area contributed by atoms with Crippen molar-refractivity contribution in [3.63, 3.8) is 0 Å². The van der Waals surface area contributed by atoms with Crippen molar-refractivity contribution in [1.29, 1.82) is 0 Å². The molecule has 94 valence electrons. The molecule has 1 aromatic heterocycles. The van der Waals surface area contributed by atoms with Gasteiger partial charge in [0.1, 0.15) is 0 Å². The first-order chi connectivity index (χ1) is 7.75. The van der Waals surface area contributed by atoms with Crippen LogP contribution in [0.3, 0.4) is 0 Å². The number of furan rings is 1. The topological polar surface area (TPSA) is 87.8 Å². The van der Waals surface area contributed by atoms with Crippen LogP contribution in [-0.4, -0.2) is 37.4 Å². The van der Waals surface area contributed by atoms with Gasteiger partial charge in [-0.05, 0) is 19.1 Å². The molecule has 0 aromatic carbocycles. The Balaban J connectivity index is 3.04. The van der Waals surface area contributed by atoms with Gasteiger partial charge in [-0.3, -0.25) is 0 Å². The van der Waals surface area contributed by atoms with Crippen molar-refractivity contribution in [3.05, 3.63) is 30.0 Å². The molecule has 0 aliphatic heterocycles. The summed E-state index contributed by atoms with van der Waals surface area (Å²) in [5, 5.41) is 8.24. The number of likely N-dealkylation sites (N-methyl/N-ethyl adjacent to an activating group) is 1. The van der Waals surface area contributed by atoms with E-state index in [-0.39, 0.29) is 6.54 Å². The number of carbonyl (C=O) groups is 1. The van der Waals surface area contributed by atoms with E-state index in [2.05, 4.69) is 6.58 Å². The molecular formula is C10H13NO5S. The zero-order valence-corrected chi connectivity index (χ0v) is 10.3. The summed E-state index contributed by atoms with van der Waals surface area (Å²) in [5.41, 5.74) is 0.668. The van der Waals surface area contributed by atoms with Crippen molar-refractivity contribution in [3.8, 4) is 0 Å². The van der Waals surface area contributed by atoms with Crippen molar-refractivity contribution in [2.45, 2.75) is 12.0 Å². The average molecular weight is 259 g/mol. The molecule has 1 heterocycles. The number of hydrogen-bond acceptors (Lipinski definition) is 4. The first-order valence-corrected chi connectivity index (χ1v) is 6.13. The number of rotatable bonds is 5. The van der Waals surface area contributed by atoms with Gasteiger partial charge in [0.25, 0.3) is 10.0 Å². The highest BCUT2D eigenvalue weighted by Gasteiger charge is 2.25. The maximum absolute atomic E-state index is 11.9. The van der Waals surface area contributed by atoms with Crippen LogP contribution in [0.4, 0.5) is 0 Å². The first-order valence-electron chi connectivity index (χ1n) is 4.69. The molecule has 0 amide bonds. The fraction of sp³-hybridized carbons (Fsp3) is 0.300. The van der Waals surface area contributed by atoms with E-state index in [0.29, 0.717) is 5.57 Å². The standard InChI is InChI=1S/C10H13NO5S/c1-7(2)6-11(3)17(14,15)9-5-4-8(16-9)10(12)13/h4-5H,1,6H2,2-3H3,(H,12,13). The van der Waals surface area contributed by atoms with Gasteiger partial charge in [0.15, 0.2) is 0 Å². The highest BCUT2D eigenvalue weighted by Crippen LogP contribution is 2.18. The zero-order chi connectivity index (χ0) is 13.2. The lowest BCUT2D eigenvalue weighted by Crippen LogP contribution is -2.28. The van der Waals surface area contributed by atoms with Crippen LogP contribution in [0, 0.1) is 0 Å². The van der Waals surface area contributed by atoms with Crippen LogP contribution < -0.4 is 0 Å². The number of aromatic carboxylic acids is 1. The fourth-order valence-electron chi connectivity index (χ4n) is 1.19. The Morgan fingerprint density at radius 1 is 1.53 bits per heavy atom. The van der Waals surface area contributed by atoms with E-state index in [0.717, 1.165) is 16.4 Å². The van der Waals surface area contributed by atoms with Crippen LogP contribution in [0.25, 0.3) is 0 Å². The Bertz CT molecular complexity index is 543. The number of nitrogens with zero attached hydrogens (tertiary/aromatic N) is 1. The summed E-state index contributed by atoms with van der Waals surface area (Å²) in [5.74, 6) is -1.72. The molecule has 0 saturated heterocycles. The van der Waals surface area contributed by atoms with E-state index >= 15 is 0 Å². The summed E-state index contributed by atoms with van der Waals surface area (Å²) < 4.78 is 29.6. The van der Waals surface area contributed by atoms with Gasteiger partial charge in [0.05, 0.1) is 0 Å². The quantitative estimate of drug-likeness (QED) is 0.802. The molecule has 0 atom stereocenters. The number of sulfonamides is 1. The summed E-state index contributed by atoms with van der Waals surface area (Å²) in [6.07, 6.45) is 0. The largest absolute Gasteiger partial charge is 0.475 e. The lowest BCUT2D eigenvalue weighted by Gasteiger charge is -2.14. The average Bonchev–Trinajstić information content (AvgIpc) is 2.65. The third kappa shape index (κ3) is 2.95. The molecule has 7 heteroatoms. The maximum Gasteiger partial charge on any atom is 0.371 e. The van der Waals surface area contributed by atoms with Crippen molar-refractivity contribution in [2.24, 2.45) is 0 Å². The van der Waals surface area contributed by atoms with E-state index in [4.69, 9.17) is 9.52 Å². The molecule has 0 radical (unpaired) electrons. The normalized spacial score (nSPS) is 11.7.